The van der Waals surface area contributed by atoms with Crippen LogP contribution in [0.4, 0.5) is 13.2 Å². The van der Waals surface area contributed by atoms with E-state index in [2.05, 4.69) is 15.7 Å². The fraction of sp³-hybridized carbons (Fsp3) is 0.500. The van der Waals surface area contributed by atoms with Crippen molar-refractivity contribution in [2.75, 3.05) is 6.61 Å². The van der Waals surface area contributed by atoms with Gasteiger partial charge in [0.25, 0.3) is 5.91 Å². The average molecular weight is 170 g/mol. The fourth-order valence-electron chi connectivity index (χ4n) is 0.198. The van der Waals surface area contributed by atoms with Crippen LogP contribution in [-0.2, 0) is 9.63 Å². The van der Waals surface area contributed by atoms with Crippen LogP contribution in [0.15, 0.2) is 5.16 Å². The largest absolute Gasteiger partial charge is 0.429 e. The van der Waals surface area contributed by atoms with Crippen LogP contribution in [-0.4, -0.2) is 24.9 Å². The van der Waals surface area contributed by atoms with Crippen LogP contribution in [0, 0.1) is 0 Å². The highest BCUT2D eigenvalue weighted by Crippen LogP contribution is 2.10. The lowest BCUT2D eigenvalue weighted by molar-refractivity contribution is -0.122. The number of hydrogen-bond acceptors (Lipinski definition) is 3. The van der Waals surface area contributed by atoms with Gasteiger partial charge >= 0.3 is 6.18 Å². The van der Waals surface area contributed by atoms with Crippen molar-refractivity contribution >= 4 is 12.1 Å². The van der Waals surface area contributed by atoms with Gasteiger partial charge in [0, 0.05) is 0 Å². The van der Waals surface area contributed by atoms with Gasteiger partial charge in [0.15, 0.2) is 6.61 Å². The number of nitrogens with two attached hydrogens (primary N) is 1. The number of alkyl halides is 3. The van der Waals surface area contributed by atoms with Gasteiger partial charge in [-0.25, -0.2) is 0 Å². The zero-order valence-electron chi connectivity index (χ0n) is 5.26. The van der Waals surface area contributed by atoms with Gasteiger partial charge < -0.3 is 10.6 Å². The van der Waals surface area contributed by atoms with E-state index in [1.807, 2.05) is 0 Å². The van der Waals surface area contributed by atoms with Crippen LogP contribution in [0.3, 0.4) is 0 Å². The van der Waals surface area contributed by atoms with Crippen molar-refractivity contribution in [1.29, 1.82) is 0 Å². The van der Waals surface area contributed by atoms with Gasteiger partial charge in [-0.3, -0.25) is 4.79 Å². The van der Waals surface area contributed by atoms with Crippen LogP contribution in [0.25, 0.3) is 0 Å². The predicted molar refractivity (Wildman–Crippen MR) is 29.7 cm³/mol. The zero-order chi connectivity index (χ0) is 8.91. The van der Waals surface area contributed by atoms with Gasteiger partial charge in [-0.05, 0) is 0 Å². The Morgan fingerprint density at radius 1 is 1.64 bits per heavy atom. The standard InChI is InChI=1S/C4H5F3N2O2/c5-4(6,7)2-9-11-1-3(8)10/h2H,1H2,(H2,8,10). The molecule has 0 atom stereocenters. The molecular weight excluding hydrogens is 165 g/mol. The van der Waals surface area contributed by atoms with E-state index >= 15 is 0 Å². The first-order valence-electron chi connectivity index (χ1n) is 2.43. The number of halogens is 3. The SMILES string of the molecule is NC(=O)CON=CC(F)(F)F. The lowest BCUT2D eigenvalue weighted by atomic mass is 10.7. The molecule has 11 heavy (non-hydrogen) atoms. The Hall–Kier alpha value is -1.27. The number of amides is 1. The molecule has 2 N–H and O–H groups in total. The van der Waals surface area contributed by atoms with E-state index < -0.39 is 18.7 Å². The summed E-state index contributed by atoms with van der Waals surface area (Å²) in [4.78, 5) is 13.7. The van der Waals surface area contributed by atoms with Gasteiger partial charge in [0.1, 0.15) is 6.21 Å². The highest BCUT2D eigenvalue weighted by atomic mass is 19.4. The van der Waals surface area contributed by atoms with Crippen LogP contribution in [0.1, 0.15) is 0 Å². The van der Waals surface area contributed by atoms with Gasteiger partial charge in [0.05, 0.1) is 0 Å². The summed E-state index contributed by atoms with van der Waals surface area (Å²) in [6.07, 6.45) is -4.91. The maximum Gasteiger partial charge on any atom is 0.429 e. The molecule has 0 heterocycles. The topological polar surface area (TPSA) is 64.7 Å². The number of primary amides is 1. The Morgan fingerprint density at radius 3 is 2.55 bits per heavy atom. The van der Waals surface area contributed by atoms with Crippen LogP contribution in [0.2, 0.25) is 0 Å². The monoisotopic (exact) mass is 170 g/mol. The molecule has 64 valence electrons. The Bertz CT molecular complexity index is 165. The van der Waals surface area contributed by atoms with Crippen molar-refractivity contribution in [3.63, 3.8) is 0 Å². The lowest BCUT2D eigenvalue weighted by Gasteiger charge is -1.96. The quantitative estimate of drug-likeness (QED) is 0.480. The van der Waals surface area contributed by atoms with Gasteiger partial charge in [-0.15, -0.1) is 0 Å². The number of carbonyl (C=O) groups is 1. The van der Waals surface area contributed by atoms with Gasteiger partial charge in [-0.2, -0.15) is 13.2 Å². The van der Waals surface area contributed by atoms with Crippen molar-refractivity contribution in [2.45, 2.75) is 6.18 Å². The highest BCUT2D eigenvalue weighted by molar-refractivity contribution is 5.75. The average Bonchev–Trinajstić information content (AvgIpc) is 1.78. The summed E-state index contributed by atoms with van der Waals surface area (Å²) in [6.45, 7) is -0.660. The van der Waals surface area contributed by atoms with E-state index in [-0.39, 0.29) is 6.21 Å². The van der Waals surface area contributed by atoms with Crippen LogP contribution in [0.5, 0.6) is 0 Å². The van der Waals surface area contributed by atoms with Crippen molar-refractivity contribution in [2.24, 2.45) is 10.9 Å². The van der Waals surface area contributed by atoms with Crippen LogP contribution >= 0.6 is 0 Å². The first kappa shape index (κ1) is 9.73. The fourth-order valence-corrected chi connectivity index (χ4v) is 0.198. The van der Waals surface area contributed by atoms with Gasteiger partial charge in [0.2, 0.25) is 0 Å². The van der Waals surface area contributed by atoms with E-state index in [0.717, 1.165) is 0 Å². The van der Waals surface area contributed by atoms with E-state index in [4.69, 9.17) is 0 Å². The van der Waals surface area contributed by atoms with Crippen molar-refractivity contribution in [1.82, 2.24) is 0 Å². The Morgan fingerprint density at radius 2 is 2.18 bits per heavy atom. The molecule has 0 unspecified atom stereocenters. The zero-order valence-corrected chi connectivity index (χ0v) is 5.26. The minimum absolute atomic E-state index is 0.379. The molecule has 0 aliphatic rings. The third-order valence-corrected chi connectivity index (χ3v) is 0.480. The summed E-state index contributed by atoms with van der Waals surface area (Å²) in [5, 5.41) is 2.43. The lowest BCUT2D eigenvalue weighted by Crippen LogP contribution is -2.17. The number of rotatable bonds is 3. The molecule has 0 aromatic rings. The van der Waals surface area contributed by atoms with Gasteiger partial charge in [-0.1, -0.05) is 5.16 Å². The van der Waals surface area contributed by atoms with Crippen molar-refractivity contribution < 1.29 is 22.8 Å². The van der Waals surface area contributed by atoms with E-state index in [1.54, 1.807) is 0 Å². The molecular formula is C4H5F3N2O2. The molecule has 0 spiro atoms. The smallest absolute Gasteiger partial charge is 0.386 e. The number of hydrogen-bond donors (Lipinski definition) is 1. The molecule has 0 saturated carbocycles. The number of oxime groups is 1. The molecule has 0 radical (unpaired) electrons. The maximum atomic E-state index is 11.2. The highest BCUT2D eigenvalue weighted by Gasteiger charge is 2.24. The molecule has 0 aliphatic carbocycles. The van der Waals surface area contributed by atoms with E-state index in [9.17, 15) is 18.0 Å². The summed E-state index contributed by atoms with van der Waals surface area (Å²) in [6, 6.07) is 0. The molecule has 0 rings (SSSR count). The molecule has 4 nitrogen and oxygen atoms in total. The second-order valence-corrected chi connectivity index (χ2v) is 1.52. The Labute approximate surface area is 59.8 Å². The molecule has 0 aromatic heterocycles. The van der Waals surface area contributed by atoms with Crippen molar-refractivity contribution in [3.05, 3.63) is 0 Å². The second-order valence-electron chi connectivity index (χ2n) is 1.52. The minimum Gasteiger partial charge on any atom is -0.386 e. The minimum atomic E-state index is -4.53. The molecule has 0 fully saturated rings. The predicted octanol–water partition coefficient (Wildman–Crippen LogP) is 0.0364. The molecule has 7 heteroatoms. The maximum absolute atomic E-state index is 11.2. The summed E-state index contributed by atoms with van der Waals surface area (Å²) in [7, 11) is 0. The first-order chi connectivity index (χ1) is 4.92. The second kappa shape index (κ2) is 3.79. The third kappa shape index (κ3) is 8.73. The summed E-state index contributed by atoms with van der Waals surface area (Å²) >= 11 is 0. The normalized spacial score (nSPS) is 11.9. The molecule has 0 bridgehead atoms. The number of nitrogens with zero attached hydrogens (tertiary/aromatic N) is 1. The Kier molecular flexibility index (Phi) is 3.35. The van der Waals surface area contributed by atoms with Crippen LogP contribution < -0.4 is 5.73 Å². The number of carbonyl (C=O) groups excluding carboxylic acids is 1. The molecule has 0 aliphatic heterocycles. The third-order valence-electron chi connectivity index (χ3n) is 0.480. The summed E-state index contributed by atoms with van der Waals surface area (Å²) in [5.41, 5.74) is 4.52. The van der Waals surface area contributed by atoms with Crippen molar-refractivity contribution in [3.8, 4) is 0 Å². The first-order valence-corrected chi connectivity index (χ1v) is 2.43. The molecule has 1 amide bonds. The summed E-state index contributed by atoms with van der Waals surface area (Å²) < 4.78 is 33.7. The molecule has 0 saturated heterocycles. The molecule has 0 aromatic carbocycles. The summed E-state index contributed by atoms with van der Waals surface area (Å²) in [5.74, 6) is -0.885. The Balaban J connectivity index is 3.54. The van der Waals surface area contributed by atoms with E-state index in [1.165, 1.54) is 0 Å². The van der Waals surface area contributed by atoms with E-state index in [0.29, 0.717) is 0 Å².